The van der Waals surface area contributed by atoms with Crippen molar-refractivity contribution in [1.29, 1.82) is 0 Å². The zero-order chi connectivity index (χ0) is 12.0. The van der Waals surface area contributed by atoms with Gasteiger partial charge in [-0.1, -0.05) is 0 Å². The van der Waals surface area contributed by atoms with Gasteiger partial charge in [0.05, 0.1) is 12.6 Å². The third kappa shape index (κ3) is 3.20. The Morgan fingerprint density at radius 2 is 2.56 bits per heavy atom. The van der Waals surface area contributed by atoms with E-state index in [0.717, 1.165) is 6.42 Å². The first-order valence-corrected chi connectivity index (χ1v) is 5.23. The Hall–Kier alpha value is -1.09. The fourth-order valence-electron chi connectivity index (χ4n) is 1.56. The third-order valence-electron chi connectivity index (χ3n) is 2.76. The summed E-state index contributed by atoms with van der Waals surface area (Å²) < 4.78 is 10.6. The number of ether oxygens (including phenoxy) is 2. The van der Waals surface area contributed by atoms with E-state index in [9.17, 15) is 4.79 Å². The van der Waals surface area contributed by atoms with Crippen LogP contribution in [-0.4, -0.2) is 44.4 Å². The Kier molecular flexibility index (Phi) is 4.74. The quantitative estimate of drug-likeness (QED) is 0.605. The Balaban J connectivity index is 2.38. The van der Waals surface area contributed by atoms with Crippen molar-refractivity contribution < 1.29 is 14.3 Å². The Bertz CT molecular complexity index is 279. The van der Waals surface area contributed by atoms with Crippen LogP contribution in [0.4, 0.5) is 0 Å². The molecule has 5 nitrogen and oxygen atoms in total. The lowest BCUT2D eigenvalue weighted by atomic mass is 10.0. The molecule has 5 heteroatoms. The fraction of sp³-hybridized carbons (Fsp3) is 0.727. The van der Waals surface area contributed by atoms with Crippen molar-refractivity contribution in [2.24, 2.45) is 5.73 Å². The van der Waals surface area contributed by atoms with Gasteiger partial charge in [0, 0.05) is 33.1 Å². The van der Waals surface area contributed by atoms with Crippen molar-refractivity contribution in [1.82, 2.24) is 5.32 Å². The highest BCUT2D eigenvalue weighted by atomic mass is 16.5. The molecule has 0 aliphatic carbocycles. The number of carbonyl (C=O) groups excluding carboxylic acids is 1. The van der Waals surface area contributed by atoms with Gasteiger partial charge < -0.3 is 20.5 Å². The molecule has 0 aromatic rings. The number of terminal acetylenes is 1. The van der Waals surface area contributed by atoms with Gasteiger partial charge in [0.25, 0.3) is 0 Å². The fourth-order valence-corrected chi connectivity index (χ4v) is 1.56. The van der Waals surface area contributed by atoms with Crippen LogP contribution < -0.4 is 11.1 Å². The molecule has 2 atom stereocenters. The molecule has 2 unspecified atom stereocenters. The molecule has 1 aliphatic heterocycles. The zero-order valence-corrected chi connectivity index (χ0v) is 9.49. The van der Waals surface area contributed by atoms with Gasteiger partial charge in [0.1, 0.15) is 5.60 Å². The van der Waals surface area contributed by atoms with E-state index < -0.39 is 11.6 Å². The number of carbonyl (C=O) groups is 1. The first-order valence-electron chi connectivity index (χ1n) is 5.23. The lowest BCUT2D eigenvalue weighted by Crippen LogP contribution is -2.49. The smallest absolute Gasteiger partial charge is 0.238 e. The van der Waals surface area contributed by atoms with Gasteiger partial charge in [-0.15, -0.1) is 12.3 Å². The summed E-state index contributed by atoms with van der Waals surface area (Å²) in [5.41, 5.74) is 5.16. The second kappa shape index (κ2) is 5.85. The largest absolute Gasteiger partial charge is 0.378 e. The molecule has 1 heterocycles. The van der Waals surface area contributed by atoms with Gasteiger partial charge in [0.15, 0.2) is 0 Å². The molecular formula is C11H18N2O3. The van der Waals surface area contributed by atoms with Crippen LogP contribution in [0.3, 0.4) is 0 Å². The number of rotatable bonds is 5. The normalized spacial score (nSPS) is 26.1. The van der Waals surface area contributed by atoms with Gasteiger partial charge in [-0.2, -0.15) is 0 Å². The summed E-state index contributed by atoms with van der Waals surface area (Å²) in [6.07, 6.45) is 6.09. The number of amides is 1. The van der Waals surface area contributed by atoms with E-state index in [1.54, 1.807) is 7.11 Å². The van der Waals surface area contributed by atoms with Gasteiger partial charge in [-0.05, 0) is 0 Å². The zero-order valence-electron chi connectivity index (χ0n) is 9.49. The van der Waals surface area contributed by atoms with Crippen LogP contribution in [0.25, 0.3) is 0 Å². The number of nitrogens with one attached hydrogen (secondary N) is 1. The molecule has 1 fully saturated rings. The second-order valence-corrected chi connectivity index (χ2v) is 3.92. The minimum atomic E-state index is -0.652. The van der Waals surface area contributed by atoms with E-state index in [-0.39, 0.29) is 12.3 Å². The van der Waals surface area contributed by atoms with Crippen molar-refractivity contribution >= 4 is 5.91 Å². The maximum atomic E-state index is 11.5. The minimum absolute atomic E-state index is 0.238. The van der Waals surface area contributed by atoms with E-state index in [1.807, 2.05) is 0 Å². The van der Waals surface area contributed by atoms with Crippen LogP contribution >= 0.6 is 0 Å². The highest BCUT2D eigenvalue weighted by Gasteiger charge is 2.35. The SMILES string of the molecule is C#CCC(N)C(=O)NCC1(OC)CCOC1. The number of nitrogens with two attached hydrogens (primary N) is 1. The Labute approximate surface area is 95.7 Å². The van der Waals surface area contributed by atoms with Crippen LogP contribution in [-0.2, 0) is 14.3 Å². The van der Waals surface area contributed by atoms with Crippen molar-refractivity contribution in [3.05, 3.63) is 0 Å². The molecule has 1 saturated heterocycles. The molecule has 1 rings (SSSR count). The molecule has 0 bridgehead atoms. The van der Waals surface area contributed by atoms with E-state index in [0.29, 0.717) is 19.8 Å². The predicted molar refractivity (Wildman–Crippen MR) is 59.6 cm³/mol. The number of hydrogen-bond acceptors (Lipinski definition) is 4. The molecule has 0 saturated carbocycles. The molecule has 90 valence electrons. The molecule has 16 heavy (non-hydrogen) atoms. The summed E-state index contributed by atoms with van der Waals surface area (Å²) in [4.78, 5) is 11.5. The predicted octanol–water partition coefficient (Wildman–Crippen LogP) is -0.741. The molecule has 1 aliphatic rings. The summed E-state index contributed by atoms with van der Waals surface area (Å²) >= 11 is 0. The average molecular weight is 226 g/mol. The summed E-state index contributed by atoms with van der Waals surface area (Å²) in [5.74, 6) is 2.11. The van der Waals surface area contributed by atoms with Gasteiger partial charge in [0.2, 0.25) is 5.91 Å². The number of hydrogen-bond donors (Lipinski definition) is 2. The van der Waals surface area contributed by atoms with Crippen LogP contribution in [0.15, 0.2) is 0 Å². The summed E-state index contributed by atoms with van der Waals surface area (Å²) in [7, 11) is 1.61. The van der Waals surface area contributed by atoms with Crippen LogP contribution in [0.2, 0.25) is 0 Å². The molecule has 0 aromatic carbocycles. The van der Waals surface area contributed by atoms with Crippen LogP contribution in [0.5, 0.6) is 0 Å². The first-order chi connectivity index (χ1) is 7.63. The van der Waals surface area contributed by atoms with Crippen molar-refractivity contribution in [3.8, 4) is 12.3 Å². The van der Waals surface area contributed by atoms with Crippen LogP contribution in [0, 0.1) is 12.3 Å². The summed E-state index contributed by atoms with van der Waals surface area (Å²) in [5, 5.41) is 2.74. The van der Waals surface area contributed by atoms with Crippen molar-refractivity contribution in [3.63, 3.8) is 0 Å². The van der Waals surface area contributed by atoms with E-state index >= 15 is 0 Å². The maximum Gasteiger partial charge on any atom is 0.238 e. The van der Waals surface area contributed by atoms with E-state index in [2.05, 4.69) is 11.2 Å². The minimum Gasteiger partial charge on any atom is -0.378 e. The summed E-state index contributed by atoms with van der Waals surface area (Å²) in [6, 6.07) is -0.652. The van der Waals surface area contributed by atoms with Gasteiger partial charge in [-0.25, -0.2) is 0 Å². The molecular weight excluding hydrogens is 208 g/mol. The molecule has 0 aromatic heterocycles. The molecule has 0 spiro atoms. The highest BCUT2D eigenvalue weighted by molar-refractivity contribution is 5.81. The van der Waals surface area contributed by atoms with E-state index in [1.165, 1.54) is 0 Å². The van der Waals surface area contributed by atoms with Gasteiger partial charge in [-0.3, -0.25) is 4.79 Å². The standard InChI is InChI=1S/C11H18N2O3/c1-3-4-9(12)10(14)13-7-11(15-2)5-6-16-8-11/h1,9H,4-8,12H2,2H3,(H,13,14). The van der Waals surface area contributed by atoms with Crippen LogP contribution in [0.1, 0.15) is 12.8 Å². The van der Waals surface area contributed by atoms with Crippen molar-refractivity contribution in [2.75, 3.05) is 26.9 Å². The summed E-state index contributed by atoms with van der Waals surface area (Å²) in [6.45, 7) is 1.55. The second-order valence-electron chi connectivity index (χ2n) is 3.92. The monoisotopic (exact) mass is 226 g/mol. The lowest BCUT2D eigenvalue weighted by molar-refractivity contribution is -0.123. The first kappa shape index (κ1) is 13.0. The van der Waals surface area contributed by atoms with E-state index in [4.69, 9.17) is 21.6 Å². The lowest BCUT2D eigenvalue weighted by Gasteiger charge is -2.26. The van der Waals surface area contributed by atoms with Gasteiger partial charge >= 0.3 is 0 Å². The Morgan fingerprint density at radius 1 is 1.81 bits per heavy atom. The molecule has 0 radical (unpaired) electrons. The Morgan fingerprint density at radius 3 is 3.06 bits per heavy atom. The average Bonchev–Trinajstić information content (AvgIpc) is 2.75. The topological polar surface area (TPSA) is 73.6 Å². The highest BCUT2D eigenvalue weighted by Crippen LogP contribution is 2.21. The molecule has 3 N–H and O–H groups in total. The third-order valence-corrected chi connectivity index (χ3v) is 2.76. The van der Waals surface area contributed by atoms with Crippen molar-refractivity contribution in [2.45, 2.75) is 24.5 Å². The maximum absolute atomic E-state index is 11.5. The molecule has 1 amide bonds. The number of methoxy groups -OCH3 is 1.